The molecule has 0 saturated heterocycles. The van der Waals surface area contributed by atoms with E-state index in [-0.39, 0.29) is 0 Å². The van der Waals surface area contributed by atoms with Crippen LogP contribution in [-0.4, -0.2) is 24.0 Å². The van der Waals surface area contributed by atoms with Gasteiger partial charge in [0.15, 0.2) is 5.96 Å². The Bertz CT molecular complexity index is 637. The quantitative estimate of drug-likeness (QED) is 0.658. The van der Waals surface area contributed by atoms with Crippen molar-refractivity contribution in [3.8, 4) is 0 Å². The highest BCUT2D eigenvalue weighted by atomic mass is 15.2. The van der Waals surface area contributed by atoms with Crippen LogP contribution in [0.3, 0.4) is 0 Å². The topological polar surface area (TPSA) is 49.3 Å². The molecular weight excluding hydrogens is 272 g/mol. The second kappa shape index (κ2) is 7.07. The first-order valence-corrected chi connectivity index (χ1v) is 7.86. The normalized spacial score (nSPS) is 16.6. The fraction of sp³-hybridized carbons (Fsp3) is 0.333. The largest absolute Gasteiger partial charge is 0.357 e. The van der Waals surface area contributed by atoms with E-state index in [0.717, 1.165) is 31.2 Å². The SMILES string of the molecule is CCNC(=NCc1ccccn1)NCC1Cc2ccccc21. The van der Waals surface area contributed by atoms with Crippen LogP contribution in [-0.2, 0) is 13.0 Å². The molecule has 22 heavy (non-hydrogen) atoms. The van der Waals surface area contributed by atoms with Crippen molar-refractivity contribution in [3.63, 3.8) is 0 Å². The summed E-state index contributed by atoms with van der Waals surface area (Å²) in [7, 11) is 0. The summed E-state index contributed by atoms with van der Waals surface area (Å²) in [6, 6.07) is 14.6. The third kappa shape index (κ3) is 3.45. The number of hydrogen-bond donors (Lipinski definition) is 2. The first kappa shape index (κ1) is 14.6. The van der Waals surface area contributed by atoms with Gasteiger partial charge >= 0.3 is 0 Å². The van der Waals surface area contributed by atoms with Crippen molar-refractivity contribution in [2.24, 2.45) is 4.99 Å². The molecule has 1 heterocycles. The highest BCUT2D eigenvalue weighted by Gasteiger charge is 2.25. The van der Waals surface area contributed by atoms with Gasteiger partial charge in [-0.1, -0.05) is 30.3 Å². The molecule has 0 radical (unpaired) electrons. The zero-order chi connectivity index (χ0) is 15.2. The monoisotopic (exact) mass is 294 g/mol. The van der Waals surface area contributed by atoms with E-state index in [1.807, 2.05) is 18.2 Å². The smallest absolute Gasteiger partial charge is 0.191 e. The summed E-state index contributed by atoms with van der Waals surface area (Å²) in [6.07, 6.45) is 2.96. The summed E-state index contributed by atoms with van der Waals surface area (Å²) in [5, 5.41) is 6.74. The predicted octanol–water partition coefficient (Wildman–Crippen LogP) is 2.48. The molecular formula is C18H22N4. The van der Waals surface area contributed by atoms with Crippen molar-refractivity contribution >= 4 is 5.96 Å². The number of pyridine rings is 1. The number of benzene rings is 1. The highest BCUT2D eigenvalue weighted by Crippen LogP contribution is 2.33. The van der Waals surface area contributed by atoms with E-state index in [1.54, 1.807) is 6.20 Å². The van der Waals surface area contributed by atoms with Crippen LogP contribution in [0.2, 0.25) is 0 Å². The van der Waals surface area contributed by atoms with Gasteiger partial charge in [-0.05, 0) is 36.6 Å². The van der Waals surface area contributed by atoms with Crippen molar-refractivity contribution in [1.82, 2.24) is 15.6 Å². The molecule has 0 bridgehead atoms. The molecule has 1 aliphatic rings. The van der Waals surface area contributed by atoms with E-state index in [0.29, 0.717) is 12.5 Å². The van der Waals surface area contributed by atoms with Gasteiger partial charge in [0.2, 0.25) is 0 Å². The van der Waals surface area contributed by atoms with Crippen molar-refractivity contribution in [2.75, 3.05) is 13.1 Å². The van der Waals surface area contributed by atoms with Gasteiger partial charge in [-0.25, -0.2) is 4.99 Å². The first-order valence-electron chi connectivity index (χ1n) is 7.86. The van der Waals surface area contributed by atoms with Crippen molar-refractivity contribution in [3.05, 3.63) is 65.5 Å². The average molecular weight is 294 g/mol. The Hall–Kier alpha value is -2.36. The molecule has 0 spiro atoms. The van der Waals surface area contributed by atoms with E-state index in [1.165, 1.54) is 11.1 Å². The van der Waals surface area contributed by atoms with Gasteiger partial charge in [-0.3, -0.25) is 4.98 Å². The summed E-state index contributed by atoms with van der Waals surface area (Å²) < 4.78 is 0. The average Bonchev–Trinajstić information content (AvgIpc) is 2.54. The molecule has 0 aliphatic heterocycles. The van der Waals surface area contributed by atoms with Crippen molar-refractivity contribution in [2.45, 2.75) is 25.8 Å². The number of hydrogen-bond acceptors (Lipinski definition) is 2. The minimum atomic E-state index is 0.593. The van der Waals surface area contributed by atoms with Gasteiger partial charge in [0.05, 0.1) is 12.2 Å². The van der Waals surface area contributed by atoms with E-state index >= 15 is 0 Å². The molecule has 1 aromatic heterocycles. The maximum atomic E-state index is 4.60. The lowest BCUT2D eigenvalue weighted by atomic mass is 9.78. The Morgan fingerprint density at radius 2 is 2.05 bits per heavy atom. The van der Waals surface area contributed by atoms with Crippen LogP contribution in [0, 0.1) is 0 Å². The van der Waals surface area contributed by atoms with Crippen LogP contribution in [0.5, 0.6) is 0 Å². The second-order valence-electron chi connectivity index (χ2n) is 5.50. The van der Waals surface area contributed by atoms with Gasteiger partial charge in [-0.2, -0.15) is 0 Å². The molecule has 0 saturated carbocycles. The summed E-state index contributed by atoms with van der Waals surface area (Å²) in [5.41, 5.74) is 3.92. The fourth-order valence-corrected chi connectivity index (χ4v) is 2.76. The Morgan fingerprint density at radius 3 is 2.82 bits per heavy atom. The number of nitrogens with one attached hydrogen (secondary N) is 2. The fourth-order valence-electron chi connectivity index (χ4n) is 2.76. The molecule has 4 heteroatoms. The van der Waals surface area contributed by atoms with Gasteiger partial charge in [0.1, 0.15) is 0 Å². The molecule has 1 aliphatic carbocycles. The van der Waals surface area contributed by atoms with E-state index in [9.17, 15) is 0 Å². The van der Waals surface area contributed by atoms with E-state index in [4.69, 9.17) is 0 Å². The maximum Gasteiger partial charge on any atom is 0.191 e. The summed E-state index contributed by atoms with van der Waals surface area (Å²) in [5.74, 6) is 1.45. The van der Waals surface area contributed by atoms with Gasteiger partial charge in [-0.15, -0.1) is 0 Å². The molecule has 2 aromatic rings. The number of nitrogens with zero attached hydrogens (tertiary/aromatic N) is 2. The molecule has 114 valence electrons. The molecule has 1 aromatic carbocycles. The van der Waals surface area contributed by atoms with Crippen LogP contribution in [0.4, 0.5) is 0 Å². The predicted molar refractivity (Wildman–Crippen MR) is 89.9 cm³/mol. The molecule has 2 N–H and O–H groups in total. The highest BCUT2D eigenvalue weighted by molar-refractivity contribution is 5.79. The van der Waals surface area contributed by atoms with Crippen LogP contribution in [0.1, 0.15) is 29.7 Å². The lowest BCUT2D eigenvalue weighted by Crippen LogP contribution is -2.41. The van der Waals surface area contributed by atoms with Gasteiger partial charge in [0, 0.05) is 25.2 Å². The van der Waals surface area contributed by atoms with Crippen molar-refractivity contribution < 1.29 is 0 Å². The third-order valence-electron chi connectivity index (χ3n) is 3.95. The summed E-state index contributed by atoms with van der Waals surface area (Å²) >= 11 is 0. The second-order valence-corrected chi connectivity index (χ2v) is 5.50. The summed E-state index contributed by atoms with van der Waals surface area (Å²) in [4.78, 5) is 8.90. The number of aromatic nitrogens is 1. The molecule has 0 amide bonds. The number of aliphatic imine (C=N–C) groups is 1. The number of rotatable bonds is 5. The van der Waals surface area contributed by atoms with Crippen molar-refractivity contribution in [1.29, 1.82) is 0 Å². The number of fused-ring (bicyclic) bond motifs is 1. The van der Waals surface area contributed by atoms with E-state index in [2.05, 4.69) is 51.8 Å². The minimum Gasteiger partial charge on any atom is -0.357 e. The molecule has 0 fully saturated rings. The first-order chi connectivity index (χ1) is 10.9. The van der Waals surface area contributed by atoms with E-state index < -0.39 is 0 Å². The van der Waals surface area contributed by atoms with Crippen LogP contribution < -0.4 is 10.6 Å². The number of guanidine groups is 1. The minimum absolute atomic E-state index is 0.593. The van der Waals surface area contributed by atoms with Crippen LogP contribution in [0.15, 0.2) is 53.7 Å². The Kier molecular flexibility index (Phi) is 4.68. The molecule has 3 rings (SSSR count). The molecule has 4 nitrogen and oxygen atoms in total. The van der Waals surface area contributed by atoms with Crippen LogP contribution >= 0.6 is 0 Å². The van der Waals surface area contributed by atoms with Crippen LogP contribution in [0.25, 0.3) is 0 Å². The maximum absolute atomic E-state index is 4.60. The molecule has 1 unspecified atom stereocenters. The van der Waals surface area contributed by atoms with Gasteiger partial charge in [0.25, 0.3) is 0 Å². The van der Waals surface area contributed by atoms with Gasteiger partial charge < -0.3 is 10.6 Å². The third-order valence-corrected chi connectivity index (χ3v) is 3.95. The lowest BCUT2D eigenvalue weighted by molar-refractivity contribution is 0.584. The molecule has 1 atom stereocenters. The Labute approximate surface area is 131 Å². The summed E-state index contributed by atoms with van der Waals surface area (Å²) in [6.45, 7) is 4.45. The zero-order valence-electron chi connectivity index (χ0n) is 12.9. The Morgan fingerprint density at radius 1 is 1.18 bits per heavy atom. The standard InChI is InChI=1S/C18H22N4/c1-2-19-18(22-13-16-8-5-6-10-20-16)21-12-15-11-14-7-3-4-9-17(14)15/h3-10,15H,2,11-13H2,1H3,(H2,19,21,22). The Balaban J connectivity index is 1.56. The lowest BCUT2D eigenvalue weighted by Gasteiger charge is -2.30. The zero-order valence-corrected chi connectivity index (χ0v) is 12.9.